The molecule has 1 saturated heterocycles. The molecule has 2 heterocycles. The van der Waals surface area contributed by atoms with Crippen molar-refractivity contribution in [2.24, 2.45) is 0 Å². The summed E-state index contributed by atoms with van der Waals surface area (Å²) in [4.78, 5) is 0. The zero-order valence-electron chi connectivity index (χ0n) is 9.40. The summed E-state index contributed by atoms with van der Waals surface area (Å²) in [6, 6.07) is -0.0866. The molecular weight excluding hydrogens is 248 g/mol. The van der Waals surface area contributed by atoms with Crippen molar-refractivity contribution in [2.75, 3.05) is 11.5 Å². The molecule has 16 heavy (non-hydrogen) atoms. The molecule has 0 saturated carbocycles. The molecule has 2 rings (SSSR count). The third kappa shape index (κ3) is 1.98. The average molecular weight is 263 g/mol. The van der Waals surface area contributed by atoms with Gasteiger partial charge in [0.15, 0.2) is 9.84 Å². The van der Waals surface area contributed by atoms with Crippen LogP contribution in [0.5, 0.6) is 0 Å². The largest absolute Gasteiger partial charge is 0.249 e. The number of halogens is 1. The molecule has 0 amide bonds. The van der Waals surface area contributed by atoms with Crippen molar-refractivity contribution in [2.45, 2.75) is 32.7 Å². The maximum Gasteiger partial charge on any atom is 0.152 e. The summed E-state index contributed by atoms with van der Waals surface area (Å²) in [6.45, 7) is 3.94. The second kappa shape index (κ2) is 4.04. The van der Waals surface area contributed by atoms with E-state index >= 15 is 0 Å². The smallest absolute Gasteiger partial charge is 0.152 e. The van der Waals surface area contributed by atoms with Crippen LogP contribution in [0.1, 0.15) is 30.6 Å². The molecule has 6 heteroatoms. The first-order chi connectivity index (χ1) is 7.44. The Balaban J connectivity index is 2.35. The molecule has 0 aliphatic carbocycles. The predicted octanol–water partition coefficient (Wildman–Crippen LogP) is 1.77. The fraction of sp³-hybridized carbons (Fsp3) is 0.700. The Labute approximate surface area is 101 Å². The first-order valence-corrected chi connectivity index (χ1v) is 7.58. The first kappa shape index (κ1) is 11.9. The van der Waals surface area contributed by atoms with Gasteiger partial charge in [-0.15, -0.1) is 0 Å². The molecule has 1 aromatic heterocycles. The molecule has 1 aliphatic rings. The molecule has 90 valence electrons. The lowest BCUT2D eigenvalue weighted by molar-refractivity contribution is 0.496. The van der Waals surface area contributed by atoms with Gasteiger partial charge in [0, 0.05) is 5.56 Å². The fourth-order valence-corrected chi connectivity index (χ4v) is 4.06. The van der Waals surface area contributed by atoms with E-state index in [1.807, 2.05) is 13.8 Å². The highest BCUT2D eigenvalue weighted by molar-refractivity contribution is 7.91. The third-order valence-electron chi connectivity index (χ3n) is 3.06. The maximum absolute atomic E-state index is 11.4. The van der Waals surface area contributed by atoms with Crippen LogP contribution < -0.4 is 0 Å². The molecule has 0 bridgehead atoms. The van der Waals surface area contributed by atoms with Gasteiger partial charge < -0.3 is 0 Å². The lowest BCUT2D eigenvalue weighted by atomic mass is 10.2. The zero-order valence-corrected chi connectivity index (χ0v) is 11.0. The van der Waals surface area contributed by atoms with Gasteiger partial charge in [-0.05, 0) is 19.8 Å². The van der Waals surface area contributed by atoms with Crippen molar-refractivity contribution in [3.63, 3.8) is 0 Å². The summed E-state index contributed by atoms with van der Waals surface area (Å²) < 4.78 is 24.5. The number of aromatic nitrogens is 2. The van der Waals surface area contributed by atoms with Gasteiger partial charge in [0.1, 0.15) is 5.15 Å². The number of rotatable bonds is 2. The van der Waals surface area contributed by atoms with Crippen LogP contribution in [0.3, 0.4) is 0 Å². The van der Waals surface area contributed by atoms with E-state index in [1.165, 1.54) is 0 Å². The van der Waals surface area contributed by atoms with Crippen LogP contribution in [0.15, 0.2) is 0 Å². The van der Waals surface area contributed by atoms with Gasteiger partial charge in [-0.3, -0.25) is 0 Å². The van der Waals surface area contributed by atoms with Gasteiger partial charge in [-0.1, -0.05) is 18.5 Å². The van der Waals surface area contributed by atoms with Gasteiger partial charge in [0.05, 0.1) is 23.2 Å². The maximum atomic E-state index is 11.4. The van der Waals surface area contributed by atoms with Crippen molar-refractivity contribution in [1.29, 1.82) is 0 Å². The molecule has 0 N–H and O–H groups in total. The monoisotopic (exact) mass is 262 g/mol. The van der Waals surface area contributed by atoms with Gasteiger partial charge >= 0.3 is 0 Å². The Morgan fingerprint density at radius 1 is 1.56 bits per heavy atom. The highest BCUT2D eigenvalue weighted by Gasteiger charge is 2.31. The Hall–Kier alpha value is -0.550. The lowest BCUT2D eigenvalue weighted by Gasteiger charge is -2.09. The van der Waals surface area contributed by atoms with Crippen LogP contribution in [0.4, 0.5) is 0 Å². The summed E-state index contributed by atoms with van der Waals surface area (Å²) in [6.07, 6.45) is 1.43. The van der Waals surface area contributed by atoms with E-state index in [4.69, 9.17) is 11.6 Å². The molecule has 1 fully saturated rings. The summed E-state index contributed by atoms with van der Waals surface area (Å²) in [5.41, 5.74) is 1.92. The van der Waals surface area contributed by atoms with Crippen molar-refractivity contribution in [3.05, 3.63) is 16.4 Å². The van der Waals surface area contributed by atoms with E-state index in [-0.39, 0.29) is 17.5 Å². The Kier molecular flexibility index (Phi) is 3.01. The predicted molar refractivity (Wildman–Crippen MR) is 63.7 cm³/mol. The van der Waals surface area contributed by atoms with Gasteiger partial charge in [0.2, 0.25) is 0 Å². The molecular formula is C10H15ClN2O2S. The van der Waals surface area contributed by atoms with Crippen molar-refractivity contribution >= 4 is 21.4 Å². The standard InChI is InChI=1S/C10H15ClN2O2S/c1-3-9-7(2)10(11)13(12-9)8-4-5-16(14,15)6-8/h8H,3-6H2,1-2H3. The highest BCUT2D eigenvalue weighted by atomic mass is 35.5. The lowest BCUT2D eigenvalue weighted by Crippen LogP contribution is -2.12. The van der Waals surface area contributed by atoms with E-state index in [1.54, 1.807) is 4.68 Å². The van der Waals surface area contributed by atoms with E-state index in [2.05, 4.69) is 5.10 Å². The summed E-state index contributed by atoms with van der Waals surface area (Å²) in [7, 11) is -2.89. The van der Waals surface area contributed by atoms with Crippen LogP contribution in [-0.2, 0) is 16.3 Å². The second-order valence-electron chi connectivity index (χ2n) is 4.22. The van der Waals surface area contributed by atoms with Crippen LogP contribution in [0.2, 0.25) is 5.15 Å². The molecule has 1 aliphatic heterocycles. The summed E-state index contributed by atoms with van der Waals surface area (Å²) >= 11 is 6.17. The molecule has 1 aromatic rings. The zero-order chi connectivity index (χ0) is 11.9. The fourth-order valence-electron chi connectivity index (χ4n) is 2.09. The van der Waals surface area contributed by atoms with E-state index in [9.17, 15) is 8.42 Å². The number of sulfone groups is 1. The second-order valence-corrected chi connectivity index (χ2v) is 6.80. The van der Waals surface area contributed by atoms with E-state index in [0.29, 0.717) is 11.6 Å². The van der Waals surface area contributed by atoms with Crippen LogP contribution >= 0.6 is 11.6 Å². The van der Waals surface area contributed by atoms with E-state index < -0.39 is 9.84 Å². The summed E-state index contributed by atoms with van der Waals surface area (Å²) in [5, 5.41) is 4.98. The van der Waals surface area contributed by atoms with Crippen molar-refractivity contribution < 1.29 is 8.42 Å². The minimum absolute atomic E-state index is 0.0866. The van der Waals surface area contributed by atoms with Crippen LogP contribution in [0.25, 0.3) is 0 Å². The number of hydrogen-bond acceptors (Lipinski definition) is 3. The SMILES string of the molecule is CCc1nn(C2CCS(=O)(=O)C2)c(Cl)c1C. The molecule has 0 spiro atoms. The Bertz CT molecular complexity index is 507. The quantitative estimate of drug-likeness (QED) is 0.816. The number of nitrogens with zero attached hydrogens (tertiary/aromatic N) is 2. The molecule has 1 atom stereocenters. The van der Waals surface area contributed by atoms with Gasteiger partial charge in [-0.25, -0.2) is 13.1 Å². The van der Waals surface area contributed by atoms with E-state index in [0.717, 1.165) is 17.7 Å². The molecule has 4 nitrogen and oxygen atoms in total. The van der Waals surface area contributed by atoms with Crippen molar-refractivity contribution in [3.8, 4) is 0 Å². The Morgan fingerprint density at radius 2 is 2.25 bits per heavy atom. The first-order valence-electron chi connectivity index (χ1n) is 5.38. The number of hydrogen-bond donors (Lipinski definition) is 0. The average Bonchev–Trinajstić information content (AvgIpc) is 2.70. The van der Waals surface area contributed by atoms with Crippen molar-refractivity contribution in [1.82, 2.24) is 9.78 Å². The summed E-state index contributed by atoms with van der Waals surface area (Å²) in [5.74, 6) is 0.408. The normalized spacial score (nSPS) is 23.8. The molecule has 0 radical (unpaired) electrons. The topological polar surface area (TPSA) is 52.0 Å². The van der Waals surface area contributed by atoms with Gasteiger partial charge in [-0.2, -0.15) is 5.10 Å². The molecule has 0 aromatic carbocycles. The van der Waals surface area contributed by atoms with Crippen LogP contribution in [-0.4, -0.2) is 29.7 Å². The van der Waals surface area contributed by atoms with Crippen LogP contribution in [0, 0.1) is 6.92 Å². The minimum Gasteiger partial charge on any atom is -0.249 e. The minimum atomic E-state index is -2.89. The Morgan fingerprint density at radius 3 is 2.69 bits per heavy atom. The van der Waals surface area contributed by atoms with Gasteiger partial charge in [0.25, 0.3) is 0 Å². The highest BCUT2D eigenvalue weighted by Crippen LogP contribution is 2.29. The third-order valence-corrected chi connectivity index (χ3v) is 5.27. The number of aryl methyl sites for hydroxylation is 1. The molecule has 1 unspecified atom stereocenters.